The molecular formula is C29H45NO3. The van der Waals surface area contributed by atoms with Crippen LogP contribution in [0.1, 0.15) is 99.3 Å². The first-order chi connectivity index (χ1) is 15.8. The minimum absolute atomic E-state index is 0.0371. The third-order valence-corrected chi connectivity index (χ3v) is 7.14. The number of Topliss-reactive ketones (excluding diaryl/α,β-unsaturated/α-hetero) is 2. The molecule has 4 nitrogen and oxygen atoms in total. The van der Waals surface area contributed by atoms with Crippen molar-refractivity contribution in [1.29, 1.82) is 0 Å². The van der Waals surface area contributed by atoms with Crippen molar-refractivity contribution in [1.82, 2.24) is 0 Å². The Morgan fingerprint density at radius 2 is 2.09 bits per heavy atom. The lowest BCUT2D eigenvalue weighted by atomic mass is 9.82. The molecule has 4 unspecified atom stereocenters. The number of hydrogen-bond acceptors (Lipinski definition) is 4. The predicted molar refractivity (Wildman–Crippen MR) is 137 cm³/mol. The molecule has 2 aliphatic heterocycles. The van der Waals surface area contributed by atoms with Gasteiger partial charge in [-0.15, -0.1) is 0 Å². The molecule has 2 rings (SSSR count). The Morgan fingerprint density at radius 1 is 1.33 bits per heavy atom. The number of rotatable bonds is 10. The smallest absolute Gasteiger partial charge is 0.170 e. The molecule has 2 aliphatic rings. The van der Waals surface area contributed by atoms with Gasteiger partial charge in [-0.2, -0.15) is 0 Å². The number of hydrogen-bond donors (Lipinski definition) is 0. The van der Waals surface area contributed by atoms with Crippen molar-refractivity contribution in [3.8, 4) is 0 Å². The van der Waals surface area contributed by atoms with Gasteiger partial charge in [0.15, 0.2) is 11.6 Å². The number of nitrogens with zero attached hydrogens (tertiary/aromatic N) is 1. The number of allylic oxidation sites excluding steroid dienone is 6. The molecule has 0 amide bonds. The van der Waals surface area contributed by atoms with Crippen LogP contribution in [0.5, 0.6) is 0 Å². The van der Waals surface area contributed by atoms with Gasteiger partial charge in [0.2, 0.25) is 0 Å². The van der Waals surface area contributed by atoms with Crippen molar-refractivity contribution in [3.05, 3.63) is 35.3 Å². The highest BCUT2D eigenvalue weighted by Gasteiger charge is 2.31. The molecule has 0 aromatic heterocycles. The Morgan fingerprint density at radius 3 is 2.79 bits per heavy atom. The molecule has 0 fully saturated rings. The van der Waals surface area contributed by atoms with E-state index in [1.165, 1.54) is 17.8 Å². The van der Waals surface area contributed by atoms with Crippen molar-refractivity contribution in [2.45, 2.75) is 99.3 Å². The summed E-state index contributed by atoms with van der Waals surface area (Å²) in [5.74, 6) is 1.81. The van der Waals surface area contributed by atoms with E-state index in [0.29, 0.717) is 12.3 Å². The molecule has 2 heterocycles. The van der Waals surface area contributed by atoms with Gasteiger partial charge in [-0.3, -0.25) is 14.6 Å². The molecule has 0 radical (unpaired) electrons. The normalized spacial score (nSPS) is 26.5. The lowest BCUT2D eigenvalue weighted by Crippen LogP contribution is -2.27. The second-order valence-electron chi connectivity index (χ2n) is 10.2. The number of aliphatic imine (C=N–C) groups is 1. The van der Waals surface area contributed by atoms with Crippen molar-refractivity contribution in [2.24, 2.45) is 28.7 Å². The topological polar surface area (TPSA) is 55.7 Å². The Labute approximate surface area is 201 Å². The van der Waals surface area contributed by atoms with Crippen LogP contribution in [0.25, 0.3) is 0 Å². The summed E-state index contributed by atoms with van der Waals surface area (Å²) in [5.41, 5.74) is 3.24. The lowest BCUT2D eigenvalue weighted by molar-refractivity contribution is -0.125. The van der Waals surface area contributed by atoms with Gasteiger partial charge >= 0.3 is 0 Å². The van der Waals surface area contributed by atoms with Gasteiger partial charge in [-0.05, 0) is 70.6 Å². The first-order valence-electron chi connectivity index (χ1n) is 13.0. The molecule has 184 valence electrons. The summed E-state index contributed by atoms with van der Waals surface area (Å²) < 4.78 is 6.00. The highest BCUT2D eigenvalue weighted by Crippen LogP contribution is 2.33. The first-order valence-corrected chi connectivity index (χ1v) is 13.0. The molecule has 0 aromatic rings. The minimum atomic E-state index is -0.0649. The summed E-state index contributed by atoms with van der Waals surface area (Å²) in [5, 5.41) is 0. The largest absolute Gasteiger partial charge is 0.489 e. The SMILES string of the molecule is C/C=C/CC(C)/C1=C(\C(=O)C(C)CCCC2=CCC(CC)CC(C)=N2)C(C)CCC(=O)CO1. The van der Waals surface area contributed by atoms with E-state index in [9.17, 15) is 9.59 Å². The van der Waals surface area contributed by atoms with Gasteiger partial charge in [0.05, 0.1) is 0 Å². The van der Waals surface area contributed by atoms with Crippen LogP contribution in [0.15, 0.2) is 40.2 Å². The summed E-state index contributed by atoms with van der Waals surface area (Å²) in [7, 11) is 0. The van der Waals surface area contributed by atoms with Gasteiger partial charge < -0.3 is 4.74 Å². The highest BCUT2D eigenvalue weighted by molar-refractivity contribution is 5.98. The zero-order valence-corrected chi connectivity index (χ0v) is 21.8. The minimum Gasteiger partial charge on any atom is -0.489 e. The third kappa shape index (κ3) is 8.39. The maximum atomic E-state index is 13.6. The standard InChI is InChI=1S/C29H45NO3/c1-7-9-11-22(5)29-27(20(3)14-17-26(31)19-33-29)28(32)21(4)12-10-13-25-16-15-24(8-2)18-23(6)30-25/h7,9,16,20-22,24H,8,10-15,17-19H2,1-6H3/b9-7+,29-27+. The maximum Gasteiger partial charge on any atom is 0.170 e. The fraction of sp³-hybridized carbons (Fsp3) is 0.690. The molecule has 0 saturated carbocycles. The van der Waals surface area contributed by atoms with E-state index in [0.717, 1.165) is 56.3 Å². The molecule has 33 heavy (non-hydrogen) atoms. The van der Waals surface area contributed by atoms with Crippen molar-refractivity contribution in [3.63, 3.8) is 0 Å². The molecule has 4 heteroatoms. The quantitative estimate of drug-likeness (QED) is 0.322. The van der Waals surface area contributed by atoms with Crippen LogP contribution in [0.2, 0.25) is 0 Å². The monoisotopic (exact) mass is 455 g/mol. The first kappa shape index (κ1) is 27.3. The van der Waals surface area contributed by atoms with Gasteiger partial charge in [0, 0.05) is 35.2 Å². The average Bonchev–Trinajstić information content (AvgIpc) is 2.97. The Kier molecular flexibility index (Phi) is 11.3. The molecule has 0 N–H and O–H groups in total. The number of ketones is 2. The molecule has 0 aliphatic carbocycles. The van der Waals surface area contributed by atoms with E-state index >= 15 is 0 Å². The summed E-state index contributed by atoms with van der Waals surface area (Å²) >= 11 is 0. The van der Waals surface area contributed by atoms with Crippen LogP contribution in [0, 0.1) is 23.7 Å². The molecule has 0 saturated heterocycles. The van der Waals surface area contributed by atoms with Crippen LogP contribution in [-0.2, 0) is 14.3 Å². The second-order valence-corrected chi connectivity index (χ2v) is 10.2. The lowest BCUT2D eigenvalue weighted by Gasteiger charge is -2.27. The summed E-state index contributed by atoms with van der Waals surface area (Å²) in [6.07, 6.45) is 14.5. The van der Waals surface area contributed by atoms with E-state index in [2.05, 4.69) is 39.8 Å². The number of carbonyl (C=O) groups excluding carboxylic acids is 2. The van der Waals surface area contributed by atoms with Crippen molar-refractivity contribution in [2.75, 3.05) is 6.61 Å². The van der Waals surface area contributed by atoms with Crippen molar-refractivity contribution < 1.29 is 14.3 Å². The Balaban J connectivity index is 2.11. The van der Waals surface area contributed by atoms with Crippen LogP contribution < -0.4 is 0 Å². The molecule has 0 spiro atoms. The zero-order chi connectivity index (χ0) is 24.4. The highest BCUT2D eigenvalue weighted by atomic mass is 16.5. The summed E-state index contributed by atoms with van der Waals surface area (Å²) in [6, 6.07) is 0. The van der Waals surface area contributed by atoms with Crippen LogP contribution >= 0.6 is 0 Å². The number of carbonyl (C=O) groups is 2. The molecule has 0 bridgehead atoms. The van der Waals surface area contributed by atoms with E-state index in [4.69, 9.17) is 9.73 Å². The molecule has 0 aromatic carbocycles. The second kappa shape index (κ2) is 13.7. The van der Waals surface area contributed by atoms with E-state index in [-0.39, 0.29) is 35.9 Å². The van der Waals surface area contributed by atoms with E-state index in [1.807, 2.05) is 19.9 Å². The predicted octanol–water partition coefficient (Wildman–Crippen LogP) is 7.40. The number of ether oxygens (including phenoxy) is 1. The average molecular weight is 456 g/mol. The molecule has 4 atom stereocenters. The van der Waals surface area contributed by atoms with Crippen LogP contribution in [-0.4, -0.2) is 23.9 Å². The van der Waals surface area contributed by atoms with E-state index < -0.39 is 0 Å². The summed E-state index contributed by atoms with van der Waals surface area (Å²) in [4.78, 5) is 30.6. The Hall–Kier alpha value is -1.97. The maximum absolute atomic E-state index is 13.6. The Bertz CT molecular complexity index is 802. The van der Waals surface area contributed by atoms with Crippen LogP contribution in [0.4, 0.5) is 0 Å². The van der Waals surface area contributed by atoms with Crippen LogP contribution in [0.3, 0.4) is 0 Å². The molecular weight excluding hydrogens is 410 g/mol. The van der Waals surface area contributed by atoms with E-state index in [1.54, 1.807) is 0 Å². The van der Waals surface area contributed by atoms with Gasteiger partial charge in [0.1, 0.15) is 12.4 Å². The van der Waals surface area contributed by atoms with Gasteiger partial charge in [0.25, 0.3) is 0 Å². The van der Waals surface area contributed by atoms with Gasteiger partial charge in [-0.25, -0.2) is 0 Å². The fourth-order valence-corrected chi connectivity index (χ4v) is 4.89. The van der Waals surface area contributed by atoms with Gasteiger partial charge in [-0.1, -0.05) is 52.3 Å². The van der Waals surface area contributed by atoms with Crippen molar-refractivity contribution >= 4 is 17.3 Å². The third-order valence-electron chi connectivity index (χ3n) is 7.14. The fourth-order valence-electron chi connectivity index (χ4n) is 4.89. The zero-order valence-electron chi connectivity index (χ0n) is 21.8. The summed E-state index contributed by atoms with van der Waals surface area (Å²) in [6.45, 7) is 12.7.